The minimum Gasteiger partial charge on any atom is -0.331 e. The van der Waals surface area contributed by atoms with Crippen LogP contribution in [0.5, 0.6) is 0 Å². The van der Waals surface area contributed by atoms with Crippen molar-refractivity contribution < 1.29 is 4.79 Å². The maximum Gasteiger partial charge on any atom is 0.244 e. The van der Waals surface area contributed by atoms with E-state index in [2.05, 4.69) is 9.97 Å². The van der Waals surface area contributed by atoms with Crippen molar-refractivity contribution in [2.75, 3.05) is 0 Å². The Hall–Kier alpha value is -2.27. The highest BCUT2D eigenvalue weighted by atomic mass is 16.2. The third-order valence-electron chi connectivity index (χ3n) is 3.76. The molecule has 2 heterocycles. The number of carbonyl (C=O) groups excluding carboxylic acids is 1. The molecule has 0 saturated carbocycles. The van der Waals surface area contributed by atoms with E-state index in [1.54, 1.807) is 4.90 Å². The molecular weight excluding hydrogens is 264 g/mol. The third kappa shape index (κ3) is 2.64. The number of benzene rings is 1. The summed E-state index contributed by atoms with van der Waals surface area (Å²) in [6.07, 6.45) is 2.62. The van der Waals surface area contributed by atoms with Crippen molar-refractivity contribution in [2.24, 2.45) is 5.73 Å². The van der Waals surface area contributed by atoms with Gasteiger partial charge in [-0.05, 0) is 5.56 Å². The van der Waals surface area contributed by atoms with Crippen molar-refractivity contribution in [1.82, 2.24) is 14.9 Å². The Kier molecular flexibility index (Phi) is 3.66. The first-order chi connectivity index (χ1) is 10.2. The number of nitrogens with two attached hydrogens (primary N) is 1. The second kappa shape index (κ2) is 5.61. The molecule has 5 heteroatoms. The summed E-state index contributed by atoms with van der Waals surface area (Å²) >= 11 is 0. The molecule has 1 atom stereocenters. The number of rotatable bonds is 3. The molecule has 1 amide bonds. The second-order valence-corrected chi connectivity index (χ2v) is 5.19. The average Bonchev–Trinajstić information content (AvgIpc) is 2.97. The zero-order chi connectivity index (χ0) is 14.8. The normalized spacial score (nSPS) is 14.9. The zero-order valence-electron chi connectivity index (χ0n) is 12.0. The largest absolute Gasteiger partial charge is 0.331 e. The van der Waals surface area contributed by atoms with E-state index >= 15 is 0 Å². The van der Waals surface area contributed by atoms with Crippen LogP contribution >= 0.6 is 0 Å². The molecular formula is C16H18N4O. The first-order valence-corrected chi connectivity index (χ1v) is 7.12. The first kappa shape index (κ1) is 13.7. The van der Waals surface area contributed by atoms with Crippen LogP contribution < -0.4 is 5.73 Å². The van der Waals surface area contributed by atoms with Crippen LogP contribution in [0.25, 0.3) is 0 Å². The smallest absolute Gasteiger partial charge is 0.244 e. The van der Waals surface area contributed by atoms with Gasteiger partial charge in [-0.2, -0.15) is 0 Å². The fourth-order valence-corrected chi connectivity index (χ4v) is 2.52. The summed E-state index contributed by atoms with van der Waals surface area (Å²) in [5.74, 6) is 0.743. The van der Waals surface area contributed by atoms with Crippen molar-refractivity contribution in [3.05, 3.63) is 59.2 Å². The van der Waals surface area contributed by atoms with E-state index in [1.807, 2.05) is 43.5 Å². The van der Waals surface area contributed by atoms with Crippen LogP contribution in [0.1, 0.15) is 35.6 Å². The summed E-state index contributed by atoms with van der Waals surface area (Å²) in [5.41, 5.74) is 8.87. The highest BCUT2D eigenvalue weighted by Gasteiger charge is 2.29. The Morgan fingerprint density at radius 1 is 1.33 bits per heavy atom. The van der Waals surface area contributed by atoms with Gasteiger partial charge in [-0.15, -0.1) is 0 Å². The van der Waals surface area contributed by atoms with Crippen molar-refractivity contribution in [3.8, 4) is 0 Å². The fraction of sp³-hybridized carbons (Fsp3) is 0.312. The molecule has 21 heavy (non-hydrogen) atoms. The van der Waals surface area contributed by atoms with Crippen LogP contribution in [-0.4, -0.2) is 20.8 Å². The molecule has 2 N–H and O–H groups in total. The minimum absolute atomic E-state index is 0.0720. The molecule has 108 valence electrons. The summed E-state index contributed by atoms with van der Waals surface area (Å²) in [7, 11) is 0. The molecule has 0 radical (unpaired) electrons. The number of fused-ring (bicyclic) bond motifs is 1. The molecule has 0 unspecified atom stereocenters. The van der Waals surface area contributed by atoms with Gasteiger partial charge < -0.3 is 10.6 Å². The topological polar surface area (TPSA) is 72.1 Å². The Morgan fingerprint density at radius 2 is 2.10 bits per heavy atom. The molecule has 0 fully saturated rings. The van der Waals surface area contributed by atoms with Crippen LogP contribution in [0.3, 0.4) is 0 Å². The zero-order valence-corrected chi connectivity index (χ0v) is 12.0. The van der Waals surface area contributed by atoms with Crippen molar-refractivity contribution in [1.29, 1.82) is 0 Å². The highest BCUT2D eigenvalue weighted by molar-refractivity contribution is 5.83. The Balaban J connectivity index is 1.76. The van der Waals surface area contributed by atoms with Gasteiger partial charge in [0.05, 0.1) is 12.2 Å². The molecule has 3 rings (SSSR count). The Bertz CT molecular complexity index is 657. The monoisotopic (exact) mass is 282 g/mol. The number of hydrogen-bond acceptors (Lipinski definition) is 4. The van der Waals surface area contributed by atoms with Gasteiger partial charge in [-0.3, -0.25) is 4.79 Å². The molecule has 0 aliphatic carbocycles. The van der Waals surface area contributed by atoms with E-state index in [1.165, 1.54) is 0 Å². The number of amides is 1. The van der Waals surface area contributed by atoms with Gasteiger partial charge in [0.25, 0.3) is 0 Å². The number of carbonyl (C=O) groups is 1. The molecule has 0 saturated heterocycles. The summed E-state index contributed by atoms with van der Waals surface area (Å²) < 4.78 is 0. The van der Waals surface area contributed by atoms with Crippen LogP contribution in [0.15, 0.2) is 36.5 Å². The lowest BCUT2D eigenvalue weighted by Gasteiger charge is -2.20. The summed E-state index contributed by atoms with van der Waals surface area (Å²) in [6.45, 7) is 3.08. The van der Waals surface area contributed by atoms with Crippen molar-refractivity contribution in [2.45, 2.75) is 32.5 Å². The van der Waals surface area contributed by atoms with Gasteiger partial charge in [0, 0.05) is 24.7 Å². The molecule has 1 aliphatic rings. The predicted molar refractivity (Wildman–Crippen MR) is 79.0 cm³/mol. The summed E-state index contributed by atoms with van der Waals surface area (Å²) in [5, 5.41) is 0. The van der Waals surface area contributed by atoms with Crippen molar-refractivity contribution >= 4 is 5.91 Å². The van der Waals surface area contributed by atoms with Crippen molar-refractivity contribution in [3.63, 3.8) is 0 Å². The molecule has 2 aromatic rings. The molecule has 0 spiro atoms. The first-order valence-electron chi connectivity index (χ1n) is 7.12. The van der Waals surface area contributed by atoms with E-state index in [9.17, 15) is 4.79 Å². The van der Waals surface area contributed by atoms with Crippen LogP contribution in [0.4, 0.5) is 0 Å². The van der Waals surface area contributed by atoms with Gasteiger partial charge in [0.1, 0.15) is 11.9 Å². The van der Waals surface area contributed by atoms with Gasteiger partial charge >= 0.3 is 0 Å². The third-order valence-corrected chi connectivity index (χ3v) is 3.76. The number of hydrogen-bond donors (Lipinski definition) is 1. The second-order valence-electron chi connectivity index (χ2n) is 5.19. The van der Waals surface area contributed by atoms with Crippen LogP contribution in [-0.2, 0) is 24.3 Å². The Labute approximate surface area is 123 Å². The molecule has 1 aromatic heterocycles. The minimum atomic E-state index is -0.626. The quantitative estimate of drug-likeness (QED) is 0.927. The van der Waals surface area contributed by atoms with Crippen LogP contribution in [0, 0.1) is 0 Å². The van der Waals surface area contributed by atoms with Gasteiger partial charge in [0.2, 0.25) is 5.91 Å². The van der Waals surface area contributed by atoms with Gasteiger partial charge in [-0.1, -0.05) is 37.3 Å². The number of aromatic nitrogens is 2. The summed E-state index contributed by atoms with van der Waals surface area (Å²) in [4.78, 5) is 23.0. The SMILES string of the molecule is CCc1ncc2c(n1)CN(C(=O)[C@H](N)c1ccccc1)C2. The summed E-state index contributed by atoms with van der Waals surface area (Å²) in [6, 6.07) is 8.81. The molecule has 1 aromatic carbocycles. The molecule has 0 bridgehead atoms. The highest BCUT2D eigenvalue weighted by Crippen LogP contribution is 2.23. The lowest BCUT2D eigenvalue weighted by atomic mass is 10.1. The van der Waals surface area contributed by atoms with E-state index < -0.39 is 6.04 Å². The van der Waals surface area contributed by atoms with E-state index in [-0.39, 0.29) is 5.91 Å². The lowest BCUT2D eigenvalue weighted by molar-refractivity contribution is -0.133. The average molecular weight is 282 g/mol. The van der Waals surface area contributed by atoms with E-state index in [0.717, 1.165) is 29.1 Å². The molecule has 5 nitrogen and oxygen atoms in total. The van der Waals surface area contributed by atoms with Gasteiger partial charge in [-0.25, -0.2) is 9.97 Å². The predicted octanol–water partition coefficient (Wildman–Crippen LogP) is 1.58. The maximum atomic E-state index is 12.5. The number of aryl methyl sites for hydroxylation is 1. The van der Waals surface area contributed by atoms with E-state index in [4.69, 9.17) is 5.73 Å². The lowest BCUT2D eigenvalue weighted by Crippen LogP contribution is -2.35. The maximum absolute atomic E-state index is 12.5. The fourth-order valence-electron chi connectivity index (χ4n) is 2.52. The number of nitrogens with zero attached hydrogens (tertiary/aromatic N) is 3. The van der Waals surface area contributed by atoms with Gasteiger partial charge in [0.15, 0.2) is 0 Å². The van der Waals surface area contributed by atoms with Crippen LogP contribution in [0.2, 0.25) is 0 Å². The van der Waals surface area contributed by atoms with E-state index in [0.29, 0.717) is 13.1 Å². The Morgan fingerprint density at radius 3 is 2.81 bits per heavy atom. The molecule has 1 aliphatic heterocycles. The standard InChI is InChI=1S/C16H18N4O/c1-2-14-18-8-12-9-20(10-13(12)19-14)16(21)15(17)11-6-4-3-5-7-11/h3-8,15H,2,9-10,17H2,1H3/t15-/m1/s1.